The van der Waals surface area contributed by atoms with Gasteiger partial charge in [0, 0.05) is 25.4 Å². The van der Waals surface area contributed by atoms with Gasteiger partial charge < -0.3 is 10.0 Å². The Hall–Kier alpha value is -1.24. The summed E-state index contributed by atoms with van der Waals surface area (Å²) < 4.78 is 2.69. The Balaban J connectivity index is 2.12. The molecular weight excluding hydrogens is 320 g/mol. The van der Waals surface area contributed by atoms with Gasteiger partial charge in [0.2, 0.25) is 0 Å². The molecule has 0 aliphatic rings. The first kappa shape index (κ1) is 15.2. The van der Waals surface area contributed by atoms with E-state index in [1.165, 1.54) is 0 Å². The maximum absolute atomic E-state index is 10.5. The topological polar surface area (TPSA) is 54.2 Å². The van der Waals surface area contributed by atoms with Crippen molar-refractivity contribution < 1.29 is 5.11 Å². The quantitative estimate of drug-likeness (QED) is 0.873. The van der Waals surface area contributed by atoms with Crippen LogP contribution in [0.25, 0.3) is 0 Å². The second-order valence-corrected chi connectivity index (χ2v) is 5.84. The van der Waals surface area contributed by atoms with Gasteiger partial charge in [-0.15, -0.1) is 0 Å². The first-order valence-corrected chi connectivity index (χ1v) is 7.30. The monoisotopic (exact) mass is 338 g/mol. The van der Waals surface area contributed by atoms with E-state index in [9.17, 15) is 5.11 Å². The van der Waals surface area contributed by atoms with Crippen molar-refractivity contribution >= 4 is 15.9 Å². The molecule has 0 saturated heterocycles. The van der Waals surface area contributed by atoms with Gasteiger partial charge in [-0.05, 0) is 41.7 Å². The molecule has 108 valence electrons. The maximum atomic E-state index is 10.5. The van der Waals surface area contributed by atoms with Crippen LogP contribution in [-0.4, -0.2) is 45.4 Å². The van der Waals surface area contributed by atoms with Gasteiger partial charge in [-0.25, -0.2) is 0 Å². The Bertz CT molecular complexity index is 541. The summed E-state index contributed by atoms with van der Waals surface area (Å²) in [5.74, 6) is 0. The first-order valence-electron chi connectivity index (χ1n) is 6.51. The van der Waals surface area contributed by atoms with Gasteiger partial charge in [-0.3, -0.25) is 9.67 Å². The second-order valence-electron chi connectivity index (χ2n) is 4.99. The molecule has 6 heteroatoms. The zero-order valence-electron chi connectivity index (χ0n) is 11.7. The number of hydrogen-bond acceptors (Lipinski definition) is 4. The van der Waals surface area contributed by atoms with Gasteiger partial charge >= 0.3 is 0 Å². The van der Waals surface area contributed by atoms with Crippen molar-refractivity contribution in [2.24, 2.45) is 0 Å². The lowest BCUT2D eigenvalue weighted by atomic mass is 10.1. The Kier molecular flexibility index (Phi) is 5.28. The third-order valence-electron chi connectivity index (χ3n) is 3.06. The van der Waals surface area contributed by atoms with Crippen LogP contribution in [0.5, 0.6) is 0 Å². The summed E-state index contributed by atoms with van der Waals surface area (Å²) in [6.07, 6.45) is 5.17. The van der Waals surface area contributed by atoms with E-state index in [-0.39, 0.29) is 0 Å². The van der Waals surface area contributed by atoms with E-state index in [1.807, 2.05) is 30.9 Å². The molecule has 20 heavy (non-hydrogen) atoms. The van der Waals surface area contributed by atoms with Crippen LogP contribution in [0.15, 0.2) is 35.2 Å². The maximum Gasteiger partial charge on any atom is 0.101 e. The SMILES string of the molecule is CN(C)CCn1ncc(Br)c1C(O)Cc1cccnc1. The molecule has 0 fully saturated rings. The zero-order valence-corrected chi connectivity index (χ0v) is 13.3. The molecule has 0 aromatic carbocycles. The summed E-state index contributed by atoms with van der Waals surface area (Å²) in [5, 5.41) is 14.8. The molecule has 1 atom stereocenters. The van der Waals surface area contributed by atoms with Crippen LogP contribution >= 0.6 is 15.9 Å². The molecule has 0 aliphatic heterocycles. The highest BCUT2D eigenvalue weighted by atomic mass is 79.9. The van der Waals surface area contributed by atoms with Crippen molar-refractivity contribution in [3.8, 4) is 0 Å². The summed E-state index contributed by atoms with van der Waals surface area (Å²) in [4.78, 5) is 6.16. The number of likely N-dealkylation sites (N-methyl/N-ethyl adjacent to an activating group) is 1. The van der Waals surface area contributed by atoms with Gasteiger partial charge in [0.05, 0.1) is 22.9 Å². The molecule has 0 radical (unpaired) electrons. The molecule has 0 bridgehead atoms. The first-order chi connectivity index (χ1) is 9.58. The minimum absolute atomic E-state index is 0.528. The predicted octanol–water partition coefficient (Wildman–Crippen LogP) is 1.88. The van der Waals surface area contributed by atoms with Crippen LogP contribution in [0.3, 0.4) is 0 Å². The van der Waals surface area contributed by atoms with Crippen molar-refractivity contribution in [1.82, 2.24) is 19.7 Å². The zero-order chi connectivity index (χ0) is 14.5. The highest BCUT2D eigenvalue weighted by molar-refractivity contribution is 9.10. The minimum Gasteiger partial charge on any atom is -0.386 e. The Morgan fingerprint density at radius 3 is 2.85 bits per heavy atom. The van der Waals surface area contributed by atoms with Crippen molar-refractivity contribution in [2.75, 3.05) is 20.6 Å². The lowest BCUT2D eigenvalue weighted by Crippen LogP contribution is -2.21. The molecule has 5 nitrogen and oxygen atoms in total. The summed E-state index contributed by atoms with van der Waals surface area (Å²) >= 11 is 3.47. The second kappa shape index (κ2) is 6.97. The van der Waals surface area contributed by atoms with Crippen LogP contribution < -0.4 is 0 Å². The lowest BCUT2D eigenvalue weighted by molar-refractivity contribution is 0.164. The molecule has 2 aromatic heterocycles. The Morgan fingerprint density at radius 2 is 2.20 bits per heavy atom. The fourth-order valence-corrected chi connectivity index (χ4v) is 2.58. The molecule has 0 spiro atoms. The smallest absolute Gasteiger partial charge is 0.101 e. The van der Waals surface area contributed by atoms with E-state index in [4.69, 9.17) is 0 Å². The predicted molar refractivity (Wildman–Crippen MR) is 81.4 cm³/mol. The molecule has 0 aliphatic carbocycles. The van der Waals surface area contributed by atoms with E-state index in [2.05, 4.69) is 30.9 Å². The molecule has 1 N–H and O–H groups in total. The molecule has 1 unspecified atom stereocenters. The van der Waals surface area contributed by atoms with Crippen molar-refractivity contribution in [1.29, 1.82) is 0 Å². The van der Waals surface area contributed by atoms with E-state index < -0.39 is 6.10 Å². The van der Waals surface area contributed by atoms with Crippen LogP contribution in [-0.2, 0) is 13.0 Å². The van der Waals surface area contributed by atoms with Gasteiger partial charge in [0.15, 0.2) is 0 Å². The van der Waals surface area contributed by atoms with Crippen LogP contribution in [0, 0.1) is 0 Å². The van der Waals surface area contributed by atoms with Crippen molar-refractivity contribution in [3.05, 3.63) is 46.5 Å². The highest BCUT2D eigenvalue weighted by Gasteiger charge is 2.18. The fraction of sp³-hybridized carbons (Fsp3) is 0.429. The van der Waals surface area contributed by atoms with Gasteiger partial charge in [-0.1, -0.05) is 6.07 Å². The molecular formula is C14H19BrN4O. The molecule has 2 heterocycles. The van der Waals surface area contributed by atoms with Crippen LogP contribution in [0.2, 0.25) is 0 Å². The third-order valence-corrected chi connectivity index (χ3v) is 3.67. The number of hydrogen-bond donors (Lipinski definition) is 1. The van der Waals surface area contributed by atoms with E-state index >= 15 is 0 Å². The van der Waals surface area contributed by atoms with E-state index in [0.717, 1.165) is 28.8 Å². The largest absolute Gasteiger partial charge is 0.386 e. The average molecular weight is 339 g/mol. The summed E-state index contributed by atoms with van der Waals surface area (Å²) in [7, 11) is 4.04. The number of aliphatic hydroxyl groups excluding tert-OH is 1. The summed E-state index contributed by atoms with van der Waals surface area (Å²) in [6.45, 7) is 1.62. The van der Waals surface area contributed by atoms with E-state index in [0.29, 0.717) is 6.42 Å². The Labute approximate surface area is 127 Å². The fourth-order valence-electron chi connectivity index (χ4n) is 2.01. The van der Waals surface area contributed by atoms with Gasteiger partial charge in [0.25, 0.3) is 0 Å². The van der Waals surface area contributed by atoms with Crippen molar-refractivity contribution in [3.63, 3.8) is 0 Å². The van der Waals surface area contributed by atoms with E-state index in [1.54, 1.807) is 18.6 Å². The number of aromatic nitrogens is 3. The van der Waals surface area contributed by atoms with Crippen LogP contribution in [0.1, 0.15) is 17.4 Å². The Morgan fingerprint density at radius 1 is 1.40 bits per heavy atom. The summed E-state index contributed by atoms with van der Waals surface area (Å²) in [5.41, 5.74) is 1.82. The number of halogens is 1. The molecule has 2 aromatic rings. The van der Waals surface area contributed by atoms with Crippen LogP contribution in [0.4, 0.5) is 0 Å². The molecule has 2 rings (SSSR count). The molecule has 0 saturated carbocycles. The molecule has 0 amide bonds. The number of nitrogens with zero attached hydrogens (tertiary/aromatic N) is 4. The number of aliphatic hydroxyl groups is 1. The third kappa shape index (κ3) is 3.88. The standard InChI is InChI=1S/C14H19BrN4O/c1-18(2)6-7-19-14(12(15)10-17-19)13(20)8-11-4-3-5-16-9-11/h3-5,9-10,13,20H,6-8H2,1-2H3. The van der Waals surface area contributed by atoms with Gasteiger partial charge in [0.1, 0.15) is 6.10 Å². The lowest BCUT2D eigenvalue weighted by Gasteiger charge is -2.16. The number of pyridine rings is 1. The van der Waals surface area contributed by atoms with Gasteiger partial charge in [-0.2, -0.15) is 5.10 Å². The summed E-state index contributed by atoms with van der Waals surface area (Å²) in [6, 6.07) is 3.84. The minimum atomic E-state index is -0.599. The normalized spacial score (nSPS) is 12.8. The van der Waals surface area contributed by atoms with Crippen molar-refractivity contribution in [2.45, 2.75) is 19.1 Å². The highest BCUT2D eigenvalue weighted by Crippen LogP contribution is 2.25. The number of rotatable bonds is 6. The average Bonchev–Trinajstić information content (AvgIpc) is 2.78.